The van der Waals surface area contributed by atoms with Gasteiger partial charge in [0.05, 0.1) is 6.61 Å². The number of hydrogen-bond acceptors (Lipinski definition) is 7. The molecule has 2 atom stereocenters. The number of thioether (sulfide) groups is 2. The number of carbonyl (C=O) groups is 2. The van der Waals surface area contributed by atoms with Crippen molar-refractivity contribution in [2.45, 2.75) is 31.9 Å². The molecule has 0 amide bonds. The fraction of sp³-hybridized carbons (Fsp3) is 0.800. The van der Waals surface area contributed by atoms with Gasteiger partial charge >= 0.3 is 7.82 Å². The maximum atomic E-state index is 11.4. The Morgan fingerprint density at radius 1 is 1.26 bits per heavy atom. The molecule has 0 aliphatic carbocycles. The first kappa shape index (κ1) is 19.1. The molecule has 0 fully saturated rings. The minimum atomic E-state index is -4.05. The first-order valence-corrected chi connectivity index (χ1v) is 9.08. The van der Waals surface area contributed by atoms with Gasteiger partial charge in [0.2, 0.25) is 0 Å². The van der Waals surface area contributed by atoms with Crippen LogP contribution in [0, 0.1) is 0 Å². The van der Waals surface area contributed by atoms with E-state index in [1.807, 2.05) is 0 Å². The van der Waals surface area contributed by atoms with Crippen LogP contribution in [0.3, 0.4) is 0 Å². The van der Waals surface area contributed by atoms with Crippen LogP contribution < -0.4 is 0 Å². The first-order valence-electron chi connectivity index (χ1n) is 5.72. The molecule has 0 rings (SSSR count). The zero-order chi connectivity index (χ0) is 14.9. The van der Waals surface area contributed by atoms with Crippen LogP contribution in [-0.4, -0.2) is 39.8 Å². The molecular formula is C10H19O6PS2. The molecule has 0 bridgehead atoms. The van der Waals surface area contributed by atoms with E-state index in [2.05, 4.69) is 4.52 Å². The van der Waals surface area contributed by atoms with Crippen LogP contribution in [0.4, 0.5) is 0 Å². The van der Waals surface area contributed by atoms with E-state index >= 15 is 0 Å². The predicted octanol–water partition coefficient (Wildman–Crippen LogP) is 2.46. The first-order chi connectivity index (χ1) is 8.84. The highest BCUT2D eigenvalue weighted by molar-refractivity contribution is 8.17. The maximum absolute atomic E-state index is 11.4. The van der Waals surface area contributed by atoms with Gasteiger partial charge in [-0.05, 0) is 0 Å². The lowest BCUT2D eigenvalue weighted by Crippen LogP contribution is -2.17. The van der Waals surface area contributed by atoms with E-state index in [-0.39, 0.29) is 22.1 Å². The molecule has 6 nitrogen and oxygen atoms in total. The molecule has 0 aromatic rings. The average molecular weight is 330 g/mol. The quantitative estimate of drug-likeness (QED) is 0.645. The molecule has 9 heteroatoms. The van der Waals surface area contributed by atoms with Crippen molar-refractivity contribution >= 4 is 41.6 Å². The van der Waals surface area contributed by atoms with Crippen molar-refractivity contribution in [2.24, 2.45) is 0 Å². The Morgan fingerprint density at radius 2 is 1.84 bits per heavy atom. The standard InChI is InChI=1S/C10H19O6PS2/c1-4-9(11)18-7-8(19-10(12)5-2)6-16-17(13,14)15-3/h8H,4-7H2,1-3H3,(H,13,14)/t8-/m1/s1. The SMILES string of the molecule is CCC(=O)SC[C@@H](COP(=O)(O)OC)SC(=O)CC. The Labute approximate surface area is 121 Å². The number of rotatable bonds is 9. The van der Waals surface area contributed by atoms with E-state index in [1.165, 1.54) is 0 Å². The van der Waals surface area contributed by atoms with Crippen LogP contribution in [0.5, 0.6) is 0 Å². The molecule has 0 aromatic heterocycles. The second kappa shape index (κ2) is 9.96. The lowest BCUT2D eigenvalue weighted by atomic mass is 10.5. The molecule has 1 unspecified atom stereocenters. The topological polar surface area (TPSA) is 89.9 Å². The van der Waals surface area contributed by atoms with Crippen molar-refractivity contribution in [1.29, 1.82) is 0 Å². The van der Waals surface area contributed by atoms with Crippen LogP contribution >= 0.6 is 31.3 Å². The molecule has 0 saturated heterocycles. The Hall–Kier alpha value is 0.150. The van der Waals surface area contributed by atoms with Crippen LogP contribution in [0.2, 0.25) is 0 Å². The summed E-state index contributed by atoms with van der Waals surface area (Å²) >= 11 is 2.11. The molecular weight excluding hydrogens is 311 g/mol. The third-order valence-electron chi connectivity index (χ3n) is 1.96. The largest absolute Gasteiger partial charge is 0.471 e. The van der Waals surface area contributed by atoms with E-state index < -0.39 is 7.82 Å². The van der Waals surface area contributed by atoms with Gasteiger partial charge in [0.25, 0.3) is 0 Å². The summed E-state index contributed by atoms with van der Waals surface area (Å²) in [4.78, 5) is 31.7. The summed E-state index contributed by atoms with van der Waals surface area (Å²) < 4.78 is 20.2. The minimum absolute atomic E-state index is 0.00784. The summed E-state index contributed by atoms with van der Waals surface area (Å²) in [6, 6.07) is 0. The number of phosphoric acid groups is 1. The molecule has 0 spiro atoms. The Balaban J connectivity index is 4.37. The van der Waals surface area contributed by atoms with Crippen molar-refractivity contribution in [3.05, 3.63) is 0 Å². The highest BCUT2D eigenvalue weighted by Gasteiger charge is 2.23. The smallest absolute Gasteiger partial charge is 0.303 e. The van der Waals surface area contributed by atoms with Gasteiger partial charge < -0.3 is 4.89 Å². The van der Waals surface area contributed by atoms with E-state index in [4.69, 9.17) is 9.42 Å². The second-order valence-corrected chi connectivity index (χ2v) is 7.44. The monoisotopic (exact) mass is 330 g/mol. The zero-order valence-corrected chi connectivity index (χ0v) is 13.7. The molecule has 0 heterocycles. The number of carbonyl (C=O) groups excluding carboxylic acids is 2. The zero-order valence-electron chi connectivity index (χ0n) is 11.2. The van der Waals surface area contributed by atoms with Gasteiger partial charge in [0, 0.05) is 31.0 Å². The minimum Gasteiger partial charge on any atom is -0.303 e. The Bertz CT molecular complexity index is 349. The third kappa shape index (κ3) is 9.65. The summed E-state index contributed by atoms with van der Waals surface area (Å²) in [5, 5.41) is -0.402. The van der Waals surface area contributed by atoms with Crippen LogP contribution in [0.15, 0.2) is 0 Å². The van der Waals surface area contributed by atoms with Crippen LogP contribution in [0.1, 0.15) is 26.7 Å². The van der Waals surface area contributed by atoms with E-state index in [1.54, 1.807) is 13.8 Å². The van der Waals surface area contributed by atoms with Gasteiger partial charge in [-0.25, -0.2) is 4.57 Å². The van der Waals surface area contributed by atoms with Crippen LogP contribution in [-0.2, 0) is 23.2 Å². The molecule has 0 radical (unpaired) electrons. The highest BCUT2D eigenvalue weighted by atomic mass is 32.2. The molecule has 112 valence electrons. The summed E-state index contributed by atoms with van der Waals surface area (Å²) in [6.45, 7) is 3.35. The molecule has 19 heavy (non-hydrogen) atoms. The average Bonchev–Trinajstić information content (AvgIpc) is 2.41. The van der Waals surface area contributed by atoms with Crippen molar-refractivity contribution in [1.82, 2.24) is 0 Å². The van der Waals surface area contributed by atoms with Crippen molar-refractivity contribution in [3.8, 4) is 0 Å². The third-order valence-corrected chi connectivity index (χ3v) is 5.48. The Morgan fingerprint density at radius 3 is 2.32 bits per heavy atom. The molecule has 0 saturated carbocycles. The summed E-state index contributed by atoms with van der Waals surface area (Å²) in [7, 11) is -2.99. The maximum Gasteiger partial charge on any atom is 0.471 e. The molecule has 1 N–H and O–H groups in total. The second-order valence-electron chi connectivity index (χ2n) is 3.45. The summed E-state index contributed by atoms with van der Waals surface area (Å²) in [5.74, 6) is 0.354. The van der Waals surface area contributed by atoms with Gasteiger partial charge in [-0.3, -0.25) is 18.6 Å². The van der Waals surface area contributed by atoms with Crippen molar-refractivity contribution < 1.29 is 28.1 Å². The molecule has 0 aliphatic heterocycles. The lowest BCUT2D eigenvalue weighted by Gasteiger charge is -2.16. The normalized spacial score (nSPS) is 15.8. The molecule has 0 aliphatic rings. The van der Waals surface area contributed by atoms with E-state index in [9.17, 15) is 14.2 Å². The Kier molecular flexibility index (Phi) is 10.0. The number of phosphoric ester groups is 1. The van der Waals surface area contributed by atoms with E-state index in [0.29, 0.717) is 18.6 Å². The van der Waals surface area contributed by atoms with Crippen LogP contribution in [0.25, 0.3) is 0 Å². The van der Waals surface area contributed by atoms with Crippen molar-refractivity contribution in [3.63, 3.8) is 0 Å². The summed E-state index contributed by atoms with van der Waals surface area (Å²) in [6.07, 6.45) is 0.760. The highest BCUT2D eigenvalue weighted by Crippen LogP contribution is 2.42. The van der Waals surface area contributed by atoms with Gasteiger partial charge in [-0.2, -0.15) is 0 Å². The van der Waals surface area contributed by atoms with Gasteiger partial charge in [-0.15, -0.1) is 0 Å². The summed E-state index contributed by atoms with van der Waals surface area (Å²) in [5.41, 5.74) is 0. The van der Waals surface area contributed by atoms with Gasteiger partial charge in [0.1, 0.15) is 0 Å². The predicted molar refractivity (Wildman–Crippen MR) is 77.2 cm³/mol. The molecule has 0 aromatic carbocycles. The van der Waals surface area contributed by atoms with Gasteiger partial charge in [-0.1, -0.05) is 37.4 Å². The van der Waals surface area contributed by atoms with Gasteiger partial charge in [0.15, 0.2) is 10.2 Å². The lowest BCUT2D eigenvalue weighted by molar-refractivity contribution is -0.111. The fourth-order valence-electron chi connectivity index (χ4n) is 0.903. The van der Waals surface area contributed by atoms with Crippen molar-refractivity contribution in [2.75, 3.05) is 19.5 Å². The van der Waals surface area contributed by atoms with E-state index in [0.717, 1.165) is 30.6 Å². The number of hydrogen-bond donors (Lipinski definition) is 1. The fourth-order valence-corrected chi connectivity index (χ4v) is 3.30.